The molecule has 96 valence electrons. The van der Waals surface area contributed by atoms with Gasteiger partial charge >= 0.3 is 0 Å². The standard InChI is InChI=1S/C15H14FN3/c1-11-5-6-12(16)8-14(11)17-9-13-10-19-7-3-2-4-15(19)18-13/h2-8,10,17H,9H2,1H3. The Morgan fingerprint density at radius 1 is 1.26 bits per heavy atom. The molecule has 3 nitrogen and oxygen atoms in total. The van der Waals surface area contributed by atoms with Gasteiger partial charge in [0.25, 0.3) is 0 Å². The fourth-order valence-corrected chi connectivity index (χ4v) is 2.04. The maximum Gasteiger partial charge on any atom is 0.137 e. The van der Waals surface area contributed by atoms with E-state index in [1.165, 1.54) is 12.1 Å². The van der Waals surface area contributed by atoms with E-state index in [1.54, 1.807) is 6.07 Å². The number of anilines is 1. The second kappa shape index (κ2) is 4.72. The number of rotatable bonds is 3. The number of aromatic nitrogens is 2. The van der Waals surface area contributed by atoms with Gasteiger partial charge in [-0.05, 0) is 36.8 Å². The number of fused-ring (bicyclic) bond motifs is 1. The van der Waals surface area contributed by atoms with Crippen LogP contribution >= 0.6 is 0 Å². The van der Waals surface area contributed by atoms with Crippen LogP contribution in [0.3, 0.4) is 0 Å². The quantitative estimate of drug-likeness (QED) is 0.777. The number of pyridine rings is 1. The van der Waals surface area contributed by atoms with Crippen LogP contribution in [0.15, 0.2) is 48.8 Å². The first-order chi connectivity index (χ1) is 9.22. The Bertz CT molecular complexity index is 685. The Morgan fingerprint density at radius 3 is 3.00 bits per heavy atom. The molecular weight excluding hydrogens is 241 g/mol. The molecular formula is C15H14FN3. The lowest BCUT2D eigenvalue weighted by atomic mass is 10.2. The van der Waals surface area contributed by atoms with Gasteiger partial charge in [-0.25, -0.2) is 9.37 Å². The predicted molar refractivity (Wildman–Crippen MR) is 73.7 cm³/mol. The SMILES string of the molecule is Cc1ccc(F)cc1NCc1cn2ccccc2n1. The predicted octanol–water partition coefficient (Wildman–Crippen LogP) is 3.39. The van der Waals surface area contributed by atoms with Crippen LogP contribution in [0.1, 0.15) is 11.3 Å². The van der Waals surface area contributed by atoms with Gasteiger partial charge in [0.1, 0.15) is 11.5 Å². The maximum absolute atomic E-state index is 13.2. The van der Waals surface area contributed by atoms with Gasteiger partial charge in [0.05, 0.1) is 12.2 Å². The third-order valence-electron chi connectivity index (χ3n) is 3.07. The molecule has 4 heteroatoms. The van der Waals surface area contributed by atoms with Gasteiger partial charge in [-0.1, -0.05) is 12.1 Å². The molecule has 0 amide bonds. The van der Waals surface area contributed by atoms with Gasteiger partial charge in [-0.2, -0.15) is 0 Å². The molecule has 1 aromatic carbocycles. The van der Waals surface area contributed by atoms with Crippen molar-refractivity contribution < 1.29 is 4.39 Å². The largest absolute Gasteiger partial charge is 0.379 e. The smallest absolute Gasteiger partial charge is 0.137 e. The number of benzene rings is 1. The molecule has 1 N–H and O–H groups in total. The van der Waals surface area contributed by atoms with Crippen molar-refractivity contribution in [2.45, 2.75) is 13.5 Å². The molecule has 3 rings (SSSR count). The van der Waals surface area contributed by atoms with Crippen LogP contribution in [0.2, 0.25) is 0 Å². The Kier molecular flexibility index (Phi) is 2.91. The zero-order chi connectivity index (χ0) is 13.2. The molecule has 0 aliphatic carbocycles. The van der Waals surface area contributed by atoms with E-state index >= 15 is 0 Å². The Morgan fingerprint density at radius 2 is 2.16 bits per heavy atom. The Balaban J connectivity index is 1.80. The van der Waals surface area contributed by atoms with Gasteiger partial charge in [0.2, 0.25) is 0 Å². The van der Waals surface area contributed by atoms with Crippen LogP contribution in [-0.4, -0.2) is 9.38 Å². The van der Waals surface area contributed by atoms with Gasteiger partial charge in [-0.15, -0.1) is 0 Å². The van der Waals surface area contributed by atoms with Gasteiger partial charge < -0.3 is 9.72 Å². The third-order valence-corrected chi connectivity index (χ3v) is 3.07. The highest BCUT2D eigenvalue weighted by atomic mass is 19.1. The van der Waals surface area contributed by atoms with E-state index < -0.39 is 0 Å². The fraction of sp³-hybridized carbons (Fsp3) is 0.133. The first-order valence-corrected chi connectivity index (χ1v) is 6.15. The minimum atomic E-state index is -0.233. The van der Waals surface area contributed by atoms with Crippen LogP contribution in [0.25, 0.3) is 5.65 Å². The van der Waals surface area contributed by atoms with E-state index in [1.807, 2.05) is 41.9 Å². The summed E-state index contributed by atoms with van der Waals surface area (Å²) in [4.78, 5) is 4.49. The number of imidazole rings is 1. The molecule has 19 heavy (non-hydrogen) atoms. The van der Waals surface area contributed by atoms with Crippen LogP contribution in [0.5, 0.6) is 0 Å². The normalized spacial score (nSPS) is 10.8. The van der Waals surface area contributed by atoms with Crippen molar-refractivity contribution >= 4 is 11.3 Å². The lowest BCUT2D eigenvalue weighted by Gasteiger charge is -2.07. The van der Waals surface area contributed by atoms with E-state index in [0.717, 1.165) is 22.6 Å². The molecule has 2 heterocycles. The number of nitrogens with zero attached hydrogens (tertiary/aromatic N) is 2. The summed E-state index contributed by atoms with van der Waals surface area (Å²) in [5.74, 6) is -0.233. The minimum absolute atomic E-state index is 0.233. The second-order valence-electron chi connectivity index (χ2n) is 4.51. The zero-order valence-electron chi connectivity index (χ0n) is 10.6. The highest BCUT2D eigenvalue weighted by Crippen LogP contribution is 2.17. The number of nitrogens with one attached hydrogen (secondary N) is 1. The van der Waals surface area contributed by atoms with E-state index in [-0.39, 0.29) is 5.82 Å². The molecule has 0 radical (unpaired) electrons. The number of hydrogen-bond acceptors (Lipinski definition) is 2. The van der Waals surface area contributed by atoms with Crippen LogP contribution in [0.4, 0.5) is 10.1 Å². The second-order valence-corrected chi connectivity index (χ2v) is 4.51. The fourth-order valence-electron chi connectivity index (χ4n) is 2.04. The summed E-state index contributed by atoms with van der Waals surface area (Å²) in [6.07, 6.45) is 3.93. The molecule has 0 fully saturated rings. The van der Waals surface area contributed by atoms with Crippen LogP contribution in [-0.2, 0) is 6.54 Å². The number of aryl methyl sites for hydroxylation is 1. The molecule has 0 aliphatic rings. The van der Waals surface area contributed by atoms with Crippen LogP contribution < -0.4 is 5.32 Å². The Labute approximate surface area is 110 Å². The van der Waals surface area contributed by atoms with E-state index in [2.05, 4.69) is 10.3 Å². The molecule has 0 spiro atoms. The lowest BCUT2D eigenvalue weighted by molar-refractivity contribution is 0.628. The summed E-state index contributed by atoms with van der Waals surface area (Å²) in [6.45, 7) is 2.53. The average molecular weight is 255 g/mol. The summed E-state index contributed by atoms with van der Waals surface area (Å²) in [5, 5.41) is 3.22. The van der Waals surface area contributed by atoms with Gasteiger partial charge in [0, 0.05) is 18.1 Å². The van der Waals surface area contributed by atoms with Crippen molar-refractivity contribution in [3.05, 3.63) is 65.9 Å². The van der Waals surface area contributed by atoms with Crippen molar-refractivity contribution in [2.75, 3.05) is 5.32 Å². The highest BCUT2D eigenvalue weighted by Gasteiger charge is 2.03. The van der Waals surface area contributed by atoms with Crippen LogP contribution in [0, 0.1) is 12.7 Å². The van der Waals surface area contributed by atoms with Crippen molar-refractivity contribution in [3.63, 3.8) is 0 Å². The minimum Gasteiger partial charge on any atom is -0.379 e. The van der Waals surface area contributed by atoms with Crippen molar-refractivity contribution in [3.8, 4) is 0 Å². The topological polar surface area (TPSA) is 29.3 Å². The van der Waals surface area contributed by atoms with Crippen molar-refractivity contribution in [1.82, 2.24) is 9.38 Å². The summed E-state index contributed by atoms with van der Waals surface area (Å²) < 4.78 is 15.1. The zero-order valence-corrected chi connectivity index (χ0v) is 10.6. The molecule has 3 aromatic rings. The highest BCUT2D eigenvalue weighted by molar-refractivity contribution is 5.51. The van der Waals surface area contributed by atoms with Gasteiger partial charge in [-0.3, -0.25) is 0 Å². The summed E-state index contributed by atoms with van der Waals surface area (Å²) >= 11 is 0. The maximum atomic E-state index is 13.2. The molecule has 2 aromatic heterocycles. The molecule has 0 saturated heterocycles. The molecule has 0 aliphatic heterocycles. The first kappa shape index (κ1) is 11.7. The Hall–Kier alpha value is -2.36. The molecule has 0 unspecified atom stereocenters. The molecule has 0 atom stereocenters. The monoisotopic (exact) mass is 255 g/mol. The summed E-state index contributed by atoms with van der Waals surface area (Å²) in [5.41, 5.74) is 3.66. The number of halogens is 1. The van der Waals surface area contributed by atoms with Crippen molar-refractivity contribution in [2.24, 2.45) is 0 Å². The van der Waals surface area contributed by atoms with Crippen molar-refractivity contribution in [1.29, 1.82) is 0 Å². The van der Waals surface area contributed by atoms with Gasteiger partial charge in [0.15, 0.2) is 0 Å². The van der Waals surface area contributed by atoms with E-state index in [4.69, 9.17) is 0 Å². The first-order valence-electron chi connectivity index (χ1n) is 6.15. The van der Waals surface area contributed by atoms with E-state index in [0.29, 0.717) is 6.54 Å². The molecule has 0 saturated carbocycles. The number of hydrogen-bond donors (Lipinski definition) is 1. The average Bonchev–Trinajstić information content (AvgIpc) is 2.82. The van der Waals surface area contributed by atoms with E-state index in [9.17, 15) is 4.39 Å². The lowest BCUT2D eigenvalue weighted by Crippen LogP contribution is -2.01. The molecule has 0 bridgehead atoms. The summed E-state index contributed by atoms with van der Waals surface area (Å²) in [7, 11) is 0. The third kappa shape index (κ3) is 2.42. The summed E-state index contributed by atoms with van der Waals surface area (Å²) in [6, 6.07) is 10.6.